The molecule has 0 bridgehead atoms. The number of hydrogen-bond donors (Lipinski definition) is 2. The summed E-state index contributed by atoms with van der Waals surface area (Å²) in [5.41, 5.74) is 4.85. The van der Waals surface area contributed by atoms with E-state index in [-0.39, 0.29) is 5.82 Å². The zero-order valence-electron chi connectivity index (χ0n) is 7.29. The molecule has 14 heavy (non-hydrogen) atoms. The Balaban J connectivity index is 0.000000165. The van der Waals surface area contributed by atoms with Crippen LogP contribution < -0.4 is 5.73 Å². The van der Waals surface area contributed by atoms with Gasteiger partial charge >= 0.3 is 0 Å². The highest BCUT2D eigenvalue weighted by Gasteiger charge is 1.98. The number of hydrogen-bond acceptors (Lipinski definition) is 4. The Bertz CT molecular complexity index is 341. The second kappa shape index (κ2) is 5.41. The molecule has 0 fully saturated rings. The maximum atomic E-state index is 10.3. The van der Waals surface area contributed by atoms with Crippen LogP contribution in [0.25, 0.3) is 0 Å². The van der Waals surface area contributed by atoms with Crippen LogP contribution in [0.2, 0.25) is 0 Å². The van der Waals surface area contributed by atoms with Crippen LogP contribution >= 0.6 is 0 Å². The summed E-state index contributed by atoms with van der Waals surface area (Å²) in [6.07, 6.45) is 6.39. The molecule has 2 heterocycles. The van der Waals surface area contributed by atoms with E-state index in [1.165, 1.54) is 12.4 Å². The van der Waals surface area contributed by atoms with Gasteiger partial charge in [0.2, 0.25) is 5.82 Å². The number of nitrogens with two attached hydrogens (primary N) is 1. The summed E-state index contributed by atoms with van der Waals surface area (Å²) in [6, 6.07) is 3.45. The molecular formula is C8H9N5O. The first-order chi connectivity index (χ1) is 6.80. The van der Waals surface area contributed by atoms with E-state index < -0.39 is 5.91 Å². The number of H-pyrrole nitrogens is 1. The highest BCUT2D eigenvalue weighted by molar-refractivity contribution is 5.88. The molecule has 6 heteroatoms. The molecule has 2 rings (SSSR count). The SMILES string of the molecule is NC(=O)c1ncccn1.c1cn[nH]c1. The molecule has 0 saturated heterocycles. The summed E-state index contributed by atoms with van der Waals surface area (Å²) in [6.45, 7) is 0. The zero-order valence-corrected chi connectivity index (χ0v) is 7.29. The van der Waals surface area contributed by atoms with Gasteiger partial charge in [-0.05, 0) is 12.1 Å². The van der Waals surface area contributed by atoms with Crippen molar-refractivity contribution in [1.29, 1.82) is 0 Å². The van der Waals surface area contributed by atoms with Gasteiger partial charge in [-0.2, -0.15) is 5.10 Å². The highest BCUT2D eigenvalue weighted by Crippen LogP contribution is 1.82. The van der Waals surface area contributed by atoms with Gasteiger partial charge in [0.25, 0.3) is 5.91 Å². The van der Waals surface area contributed by atoms with Crippen LogP contribution in [0.4, 0.5) is 0 Å². The van der Waals surface area contributed by atoms with Crippen molar-refractivity contribution >= 4 is 5.91 Å². The number of primary amides is 1. The predicted molar refractivity (Wildman–Crippen MR) is 49.1 cm³/mol. The van der Waals surface area contributed by atoms with Crippen LogP contribution in [0.5, 0.6) is 0 Å². The molecule has 72 valence electrons. The Morgan fingerprint density at radius 1 is 1.21 bits per heavy atom. The molecule has 0 unspecified atom stereocenters. The maximum Gasteiger partial charge on any atom is 0.286 e. The fourth-order valence-electron chi connectivity index (χ4n) is 0.641. The third-order valence-electron chi connectivity index (χ3n) is 1.19. The van der Waals surface area contributed by atoms with Gasteiger partial charge in [-0.1, -0.05) is 0 Å². The van der Waals surface area contributed by atoms with Gasteiger partial charge in [-0.3, -0.25) is 9.89 Å². The minimum atomic E-state index is -0.601. The van der Waals surface area contributed by atoms with Crippen LogP contribution in [0.1, 0.15) is 10.6 Å². The lowest BCUT2D eigenvalue weighted by molar-refractivity contribution is 0.0990. The molecule has 2 aromatic rings. The Labute approximate surface area is 80.2 Å². The van der Waals surface area contributed by atoms with Crippen LogP contribution in [0.15, 0.2) is 36.9 Å². The van der Waals surface area contributed by atoms with Crippen LogP contribution in [0, 0.1) is 0 Å². The molecule has 0 aliphatic heterocycles. The molecule has 0 atom stereocenters. The first kappa shape index (κ1) is 9.85. The van der Waals surface area contributed by atoms with E-state index in [1.807, 2.05) is 6.07 Å². The van der Waals surface area contributed by atoms with Crippen molar-refractivity contribution in [3.8, 4) is 0 Å². The second-order valence-electron chi connectivity index (χ2n) is 2.20. The molecule has 2 aromatic heterocycles. The van der Waals surface area contributed by atoms with Gasteiger partial charge in [0.15, 0.2) is 0 Å². The van der Waals surface area contributed by atoms with Crippen molar-refractivity contribution < 1.29 is 4.79 Å². The maximum absolute atomic E-state index is 10.3. The van der Waals surface area contributed by atoms with Crippen molar-refractivity contribution in [1.82, 2.24) is 20.2 Å². The van der Waals surface area contributed by atoms with E-state index in [4.69, 9.17) is 5.73 Å². The Morgan fingerprint density at radius 2 is 1.93 bits per heavy atom. The third kappa shape index (κ3) is 3.44. The molecule has 0 aliphatic carbocycles. The van der Waals surface area contributed by atoms with Gasteiger partial charge in [0, 0.05) is 24.8 Å². The summed E-state index contributed by atoms with van der Waals surface area (Å²) < 4.78 is 0. The molecule has 3 N–H and O–H groups in total. The average molecular weight is 191 g/mol. The normalized spacial score (nSPS) is 8.57. The molecule has 0 saturated carbocycles. The highest BCUT2D eigenvalue weighted by atomic mass is 16.1. The lowest BCUT2D eigenvalue weighted by Crippen LogP contribution is -2.14. The standard InChI is InChI=1S/C5H5N3O.C3H4N2/c6-4(9)5-7-2-1-3-8-5;1-2-4-5-3-1/h1-3H,(H2,6,9);1-3H,(H,4,5). The quantitative estimate of drug-likeness (QED) is 0.662. The average Bonchev–Trinajstić information content (AvgIpc) is 2.77. The Morgan fingerprint density at radius 3 is 2.21 bits per heavy atom. The van der Waals surface area contributed by atoms with Gasteiger partial charge < -0.3 is 5.73 Å². The van der Waals surface area contributed by atoms with Crippen LogP contribution in [0.3, 0.4) is 0 Å². The van der Waals surface area contributed by atoms with Gasteiger partial charge in [0.1, 0.15) is 0 Å². The van der Waals surface area contributed by atoms with Crippen molar-refractivity contribution in [2.24, 2.45) is 5.73 Å². The molecule has 0 radical (unpaired) electrons. The number of amides is 1. The first-order valence-corrected chi connectivity index (χ1v) is 3.81. The molecule has 0 spiro atoms. The summed E-state index contributed by atoms with van der Waals surface area (Å²) in [5, 5.41) is 6.21. The van der Waals surface area contributed by atoms with Gasteiger partial charge in [0.05, 0.1) is 0 Å². The smallest absolute Gasteiger partial charge is 0.286 e. The number of nitrogens with one attached hydrogen (secondary N) is 1. The number of rotatable bonds is 1. The summed E-state index contributed by atoms with van der Waals surface area (Å²) >= 11 is 0. The summed E-state index contributed by atoms with van der Waals surface area (Å²) in [7, 11) is 0. The topological polar surface area (TPSA) is 97.6 Å². The lowest BCUT2D eigenvalue weighted by atomic mass is 10.5. The number of aromatic nitrogens is 4. The number of nitrogens with zero attached hydrogens (tertiary/aromatic N) is 3. The summed E-state index contributed by atoms with van der Waals surface area (Å²) in [4.78, 5) is 17.5. The van der Waals surface area contributed by atoms with Crippen molar-refractivity contribution in [2.75, 3.05) is 0 Å². The van der Waals surface area contributed by atoms with Crippen molar-refractivity contribution in [3.05, 3.63) is 42.7 Å². The van der Waals surface area contributed by atoms with Crippen LogP contribution in [-0.4, -0.2) is 26.1 Å². The third-order valence-corrected chi connectivity index (χ3v) is 1.19. The minimum absolute atomic E-state index is 0.0532. The Kier molecular flexibility index (Phi) is 3.81. The largest absolute Gasteiger partial charge is 0.363 e. The number of aromatic amines is 1. The van der Waals surface area contributed by atoms with E-state index in [9.17, 15) is 4.79 Å². The van der Waals surface area contributed by atoms with E-state index in [0.29, 0.717) is 0 Å². The predicted octanol–water partition coefficient (Wildman–Crippen LogP) is -0.0148. The lowest BCUT2D eigenvalue weighted by Gasteiger charge is -1.87. The second-order valence-corrected chi connectivity index (χ2v) is 2.20. The molecule has 0 aromatic carbocycles. The number of carbonyl (C=O) groups excluding carboxylic acids is 1. The van der Waals surface area contributed by atoms with E-state index >= 15 is 0 Å². The van der Waals surface area contributed by atoms with Gasteiger partial charge in [-0.15, -0.1) is 0 Å². The van der Waals surface area contributed by atoms with Gasteiger partial charge in [-0.25, -0.2) is 9.97 Å². The molecule has 1 amide bonds. The molecule has 6 nitrogen and oxygen atoms in total. The minimum Gasteiger partial charge on any atom is -0.363 e. The number of carbonyl (C=O) groups is 1. The molecular weight excluding hydrogens is 182 g/mol. The van der Waals surface area contributed by atoms with E-state index in [1.54, 1.807) is 18.5 Å². The van der Waals surface area contributed by atoms with Crippen LogP contribution in [-0.2, 0) is 0 Å². The monoisotopic (exact) mass is 191 g/mol. The van der Waals surface area contributed by atoms with Crippen molar-refractivity contribution in [2.45, 2.75) is 0 Å². The van der Waals surface area contributed by atoms with Crippen molar-refractivity contribution in [3.63, 3.8) is 0 Å². The fourth-order valence-corrected chi connectivity index (χ4v) is 0.641. The Hall–Kier alpha value is -2.24. The fraction of sp³-hybridized carbons (Fsp3) is 0. The first-order valence-electron chi connectivity index (χ1n) is 3.81. The molecule has 0 aliphatic rings. The van der Waals surface area contributed by atoms with E-state index in [0.717, 1.165) is 0 Å². The summed E-state index contributed by atoms with van der Waals surface area (Å²) in [5.74, 6) is -0.548. The van der Waals surface area contributed by atoms with E-state index in [2.05, 4.69) is 20.2 Å². The zero-order chi connectivity index (χ0) is 10.2.